The lowest BCUT2D eigenvalue weighted by atomic mass is 10.2. The van der Waals surface area contributed by atoms with E-state index >= 15 is 0 Å². The van der Waals surface area contributed by atoms with E-state index in [-0.39, 0.29) is 12.1 Å². The predicted octanol–water partition coefficient (Wildman–Crippen LogP) is 2.59. The second-order valence-corrected chi connectivity index (χ2v) is 6.64. The first-order chi connectivity index (χ1) is 11.6. The van der Waals surface area contributed by atoms with E-state index in [4.69, 9.17) is 0 Å². The molecule has 7 nitrogen and oxygen atoms in total. The zero-order valence-electron chi connectivity index (χ0n) is 13.4. The van der Waals surface area contributed by atoms with Crippen molar-refractivity contribution in [2.75, 3.05) is 0 Å². The summed E-state index contributed by atoms with van der Waals surface area (Å²) >= 11 is 1.57. The van der Waals surface area contributed by atoms with Gasteiger partial charge < -0.3 is 10.6 Å². The molecule has 3 aromatic rings. The van der Waals surface area contributed by atoms with Crippen molar-refractivity contribution >= 4 is 17.4 Å². The number of nitrogens with one attached hydrogen (secondary N) is 2. The number of carbonyl (C=O) groups excluding carboxylic acids is 1. The van der Waals surface area contributed by atoms with Crippen LogP contribution in [0.2, 0.25) is 0 Å². The SMILES string of the molecule is Cc1ncc(CNC(=O)NC(C)c2cn(-c3ccccc3)nn2)s1. The summed E-state index contributed by atoms with van der Waals surface area (Å²) in [7, 11) is 0. The minimum Gasteiger partial charge on any atom is -0.333 e. The lowest BCUT2D eigenvalue weighted by Crippen LogP contribution is -2.36. The van der Waals surface area contributed by atoms with Gasteiger partial charge in [0.2, 0.25) is 0 Å². The lowest BCUT2D eigenvalue weighted by molar-refractivity contribution is 0.237. The topological polar surface area (TPSA) is 84.7 Å². The van der Waals surface area contributed by atoms with Crippen molar-refractivity contribution in [1.82, 2.24) is 30.6 Å². The molecule has 1 aromatic carbocycles. The number of carbonyl (C=O) groups is 1. The second-order valence-electron chi connectivity index (χ2n) is 5.32. The first kappa shape index (κ1) is 16.1. The van der Waals surface area contributed by atoms with Gasteiger partial charge in [0, 0.05) is 11.1 Å². The molecule has 2 amide bonds. The maximum atomic E-state index is 12.0. The summed E-state index contributed by atoms with van der Waals surface area (Å²) in [5, 5.41) is 14.9. The first-order valence-corrected chi connectivity index (χ1v) is 8.37. The van der Waals surface area contributed by atoms with Gasteiger partial charge in [0.25, 0.3) is 0 Å². The molecule has 0 bridgehead atoms. The number of nitrogens with zero attached hydrogens (tertiary/aromatic N) is 4. The molecule has 124 valence electrons. The number of urea groups is 1. The van der Waals surface area contributed by atoms with E-state index in [0.29, 0.717) is 12.2 Å². The smallest absolute Gasteiger partial charge is 0.315 e. The van der Waals surface area contributed by atoms with Gasteiger partial charge in [-0.25, -0.2) is 14.5 Å². The normalized spacial score (nSPS) is 11.9. The Labute approximate surface area is 143 Å². The van der Waals surface area contributed by atoms with Crippen molar-refractivity contribution in [2.24, 2.45) is 0 Å². The quantitative estimate of drug-likeness (QED) is 0.746. The number of amides is 2. The van der Waals surface area contributed by atoms with E-state index in [1.54, 1.807) is 22.2 Å². The summed E-state index contributed by atoms with van der Waals surface area (Å²) in [4.78, 5) is 17.2. The second kappa shape index (κ2) is 7.22. The van der Waals surface area contributed by atoms with E-state index < -0.39 is 0 Å². The fraction of sp³-hybridized carbons (Fsp3) is 0.250. The van der Waals surface area contributed by atoms with Crippen LogP contribution in [-0.2, 0) is 6.54 Å². The molecule has 2 aromatic heterocycles. The summed E-state index contributed by atoms with van der Waals surface area (Å²) in [6.07, 6.45) is 3.59. The van der Waals surface area contributed by atoms with Crippen LogP contribution < -0.4 is 10.6 Å². The Kier molecular flexibility index (Phi) is 4.85. The Hall–Kier alpha value is -2.74. The van der Waals surface area contributed by atoms with Crippen LogP contribution in [0, 0.1) is 6.92 Å². The van der Waals surface area contributed by atoms with Crippen molar-refractivity contribution in [3.8, 4) is 5.69 Å². The molecule has 0 fully saturated rings. The zero-order valence-corrected chi connectivity index (χ0v) is 14.2. The highest BCUT2D eigenvalue weighted by Crippen LogP contribution is 2.12. The lowest BCUT2D eigenvalue weighted by Gasteiger charge is -2.11. The van der Waals surface area contributed by atoms with Crippen molar-refractivity contribution in [2.45, 2.75) is 26.4 Å². The molecule has 0 aliphatic carbocycles. The maximum Gasteiger partial charge on any atom is 0.315 e. The minimum atomic E-state index is -0.247. The van der Waals surface area contributed by atoms with Gasteiger partial charge in [-0.2, -0.15) is 0 Å². The third-order valence-corrected chi connectivity index (χ3v) is 4.33. The van der Waals surface area contributed by atoms with Gasteiger partial charge in [0.1, 0.15) is 5.69 Å². The Morgan fingerprint density at radius 3 is 2.83 bits per heavy atom. The van der Waals surface area contributed by atoms with Crippen LogP contribution in [0.3, 0.4) is 0 Å². The highest BCUT2D eigenvalue weighted by atomic mass is 32.1. The number of aromatic nitrogens is 4. The molecule has 1 atom stereocenters. The van der Waals surface area contributed by atoms with E-state index in [1.807, 2.05) is 50.4 Å². The first-order valence-electron chi connectivity index (χ1n) is 7.55. The van der Waals surface area contributed by atoms with Gasteiger partial charge in [-0.15, -0.1) is 16.4 Å². The van der Waals surface area contributed by atoms with Crippen LogP contribution in [0.25, 0.3) is 5.69 Å². The zero-order chi connectivity index (χ0) is 16.9. The van der Waals surface area contributed by atoms with Gasteiger partial charge in [0.05, 0.1) is 29.5 Å². The average molecular weight is 342 g/mol. The average Bonchev–Trinajstić information content (AvgIpc) is 3.23. The van der Waals surface area contributed by atoms with E-state index in [1.165, 1.54) is 0 Å². The summed E-state index contributed by atoms with van der Waals surface area (Å²) in [6, 6.07) is 9.22. The fourth-order valence-corrected chi connectivity index (χ4v) is 2.89. The Bertz CT molecular complexity index is 813. The molecular weight excluding hydrogens is 324 g/mol. The number of hydrogen-bond donors (Lipinski definition) is 2. The van der Waals surface area contributed by atoms with Gasteiger partial charge >= 0.3 is 6.03 Å². The fourth-order valence-electron chi connectivity index (χ4n) is 2.16. The van der Waals surface area contributed by atoms with Gasteiger partial charge in [-0.05, 0) is 26.0 Å². The Balaban J connectivity index is 1.55. The molecule has 0 radical (unpaired) electrons. The van der Waals surface area contributed by atoms with Gasteiger partial charge in [-0.3, -0.25) is 0 Å². The molecule has 2 heterocycles. The van der Waals surface area contributed by atoms with E-state index in [2.05, 4.69) is 25.9 Å². The van der Waals surface area contributed by atoms with Crippen LogP contribution in [0.15, 0.2) is 42.7 Å². The van der Waals surface area contributed by atoms with Crippen LogP contribution in [0.4, 0.5) is 4.79 Å². The third kappa shape index (κ3) is 3.96. The molecule has 0 saturated carbocycles. The standard InChI is InChI=1S/C16H18N6OS/c1-11(19-16(23)18-9-14-8-17-12(2)24-14)15-10-22(21-20-15)13-6-4-3-5-7-13/h3-8,10-11H,9H2,1-2H3,(H2,18,19,23). The number of para-hydroxylation sites is 1. The van der Waals surface area contributed by atoms with Crippen molar-refractivity contribution in [3.05, 3.63) is 58.3 Å². The molecule has 2 N–H and O–H groups in total. The van der Waals surface area contributed by atoms with Crippen LogP contribution in [0.1, 0.15) is 28.5 Å². The minimum absolute atomic E-state index is 0.245. The highest BCUT2D eigenvalue weighted by Gasteiger charge is 2.13. The molecule has 0 aliphatic rings. The molecule has 24 heavy (non-hydrogen) atoms. The van der Waals surface area contributed by atoms with Crippen molar-refractivity contribution < 1.29 is 4.79 Å². The summed E-state index contributed by atoms with van der Waals surface area (Å²) < 4.78 is 1.69. The van der Waals surface area contributed by atoms with E-state index in [9.17, 15) is 4.79 Å². The monoisotopic (exact) mass is 342 g/mol. The summed E-state index contributed by atoms with van der Waals surface area (Å²) in [6.45, 7) is 4.27. The summed E-state index contributed by atoms with van der Waals surface area (Å²) in [5.41, 5.74) is 1.62. The Morgan fingerprint density at radius 2 is 2.12 bits per heavy atom. The van der Waals surface area contributed by atoms with Gasteiger partial charge in [-0.1, -0.05) is 23.4 Å². The molecule has 1 unspecified atom stereocenters. The number of hydrogen-bond acceptors (Lipinski definition) is 5. The Morgan fingerprint density at radius 1 is 1.33 bits per heavy atom. The predicted molar refractivity (Wildman–Crippen MR) is 92.0 cm³/mol. The third-order valence-electron chi connectivity index (χ3n) is 3.42. The summed E-state index contributed by atoms with van der Waals surface area (Å²) in [5.74, 6) is 0. The number of rotatable bonds is 5. The molecule has 0 saturated heterocycles. The molecular formula is C16H18N6OS. The van der Waals surface area contributed by atoms with Gasteiger partial charge in [0.15, 0.2) is 0 Å². The molecule has 8 heteroatoms. The highest BCUT2D eigenvalue weighted by molar-refractivity contribution is 7.11. The number of thiazole rings is 1. The number of benzene rings is 1. The number of aryl methyl sites for hydroxylation is 1. The molecule has 3 rings (SSSR count). The maximum absolute atomic E-state index is 12.0. The molecule has 0 spiro atoms. The molecule has 0 aliphatic heterocycles. The van der Waals surface area contributed by atoms with Crippen molar-refractivity contribution in [1.29, 1.82) is 0 Å². The van der Waals surface area contributed by atoms with Crippen LogP contribution in [-0.4, -0.2) is 26.0 Å². The van der Waals surface area contributed by atoms with Crippen LogP contribution in [0.5, 0.6) is 0 Å². The van der Waals surface area contributed by atoms with Crippen LogP contribution >= 0.6 is 11.3 Å². The largest absolute Gasteiger partial charge is 0.333 e. The van der Waals surface area contributed by atoms with Crippen molar-refractivity contribution in [3.63, 3.8) is 0 Å². The van der Waals surface area contributed by atoms with E-state index in [0.717, 1.165) is 15.6 Å².